The van der Waals surface area contributed by atoms with E-state index in [0.29, 0.717) is 0 Å². The number of hydrogen-bond donors (Lipinski definition) is 1. The standard InChI is InChI=1S/C17H33N3/c1-4-8-16-9-13-20(14-16)12-7-10-17(6-3,15-18)19-11-5-2/h16,19H,4-14H2,1-3H3. The van der Waals surface area contributed by atoms with Crippen molar-refractivity contribution in [3.8, 4) is 6.07 Å². The molecule has 1 aliphatic heterocycles. The summed E-state index contributed by atoms with van der Waals surface area (Å²) in [5.74, 6) is 0.921. The number of rotatable bonds is 10. The molecule has 0 spiro atoms. The van der Waals surface area contributed by atoms with Crippen LogP contribution in [0.1, 0.15) is 65.7 Å². The van der Waals surface area contributed by atoms with Crippen molar-refractivity contribution < 1.29 is 0 Å². The molecule has 0 aromatic rings. The Kier molecular flexibility index (Phi) is 8.18. The second-order valence-corrected chi connectivity index (χ2v) is 6.32. The Balaban J connectivity index is 2.29. The van der Waals surface area contributed by atoms with Crippen LogP contribution in [0.25, 0.3) is 0 Å². The highest BCUT2D eigenvalue weighted by molar-refractivity contribution is 5.06. The first-order valence-electron chi connectivity index (χ1n) is 8.58. The highest BCUT2D eigenvalue weighted by Crippen LogP contribution is 2.22. The van der Waals surface area contributed by atoms with Gasteiger partial charge in [-0.15, -0.1) is 0 Å². The molecule has 0 aromatic carbocycles. The fourth-order valence-corrected chi connectivity index (χ4v) is 3.29. The fraction of sp³-hybridized carbons (Fsp3) is 0.941. The lowest BCUT2D eigenvalue weighted by Crippen LogP contribution is -2.44. The van der Waals surface area contributed by atoms with Crippen molar-refractivity contribution in [1.29, 1.82) is 5.26 Å². The Bertz CT molecular complexity index is 297. The van der Waals surface area contributed by atoms with E-state index in [1.165, 1.54) is 32.4 Å². The molecule has 3 nitrogen and oxygen atoms in total. The summed E-state index contributed by atoms with van der Waals surface area (Å²) in [7, 11) is 0. The van der Waals surface area contributed by atoms with Gasteiger partial charge in [-0.3, -0.25) is 5.32 Å². The van der Waals surface area contributed by atoms with Gasteiger partial charge in [0, 0.05) is 6.54 Å². The van der Waals surface area contributed by atoms with Crippen molar-refractivity contribution in [2.45, 2.75) is 71.3 Å². The van der Waals surface area contributed by atoms with Gasteiger partial charge < -0.3 is 4.90 Å². The van der Waals surface area contributed by atoms with E-state index < -0.39 is 0 Å². The Morgan fingerprint density at radius 3 is 2.70 bits per heavy atom. The molecule has 116 valence electrons. The average molecular weight is 279 g/mol. The molecule has 1 heterocycles. The van der Waals surface area contributed by atoms with Gasteiger partial charge in [0.25, 0.3) is 0 Å². The minimum Gasteiger partial charge on any atom is -0.303 e. The van der Waals surface area contributed by atoms with E-state index in [1.54, 1.807) is 0 Å². The third kappa shape index (κ3) is 5.42. The molecule has 0 bridgehead atoms. The van der Waals surface area contributed by atoms with Gasteiger partial charge in [-0.05, 0) is 64.1 Å². The minimum absolute atomic E-state index is 0.293. The van der Waals surface area contributed by atoms with Crippen molar-refractivity contribution in [2.24, 2.45) is 5.92 Å². The Hall–Kier alpha value is -0.590. The van der Waals surface area contributed by atoms with Crippen LogP contribution in [-0.2, 0) is 0 Å². The van der Waals surface area contributed by atoms with Gasteiger partial charge in [0.2, 0.25) is 0 Å². The van der Waals surface area contributed by atoms with Crippen molar-refractivity contribution in [3.63, 3.8) is 0 Å². The van der Waals surface area contributed by atoms with Crippen LogP contribution >= 0.6 is 0 Å². The summed E-state index contributed by atoms with van der Waals surface area (Å²) in [4.78, 5) is 2.60. The molecule has 1 aliphatic rings. The third-order valence-electron chi connectivity index (χ3n) is 4.68. The highest BCUT2D eigenvalue weighted by Gasteiger charge is 2.27. The van der Waals surface area contributed by atoms with Crippen LogP contribution in [0.15, 0.2) is 0 Å². The van der Waals surface area contributed by atoms with E-state index in [1.807, 2.05) is 0 Å². The van der Waals surface area contributed by atoms with Crippen LogP contribution < -0.4 is 5.32 Å². The number of hydrogen-bond acceptors (Lipinski definition) is 3. The number of nitriles is 1. The monoisotopic (exact) mass is 279 g/mol. The van der Waals surface area contributed by atoms with Crippen LogP contribution in [0.4, 0.5) is 0 Å². The van der Waals surface area contributed by atoms with Gasteiger partial charge in [-0.25, -0.2) is 0 Å². The maximum Gasteiger partial charge on any atom is 0.106 e. The Morgan fingerprint density at radius 1 is 1.30 bits per heavy atom. The molecular formula is C17H33N3. The molecule has 1 rings (SSSR count). The molecule has 0 aliphatic carbocycles. The predicted molar refractivity (Wildman–Crippen MR) is 85.6 cm³/mol. The zero-order chi connectivity index (χ0) is 14.8. The smallest absolute Gasteiger partial charge is 0.106 e. The molecule has 2 atom stereocenters. The molecule has 1 N–H and O–H groups in total. The topological polar surface area (TPSA) is 39.1 Å². The van der Waals surface area contributed by atoms with Crippen LogP contribution in [-0.4, -0.2) is 36.6 Å². The SMILES string of the molecule is CCCNC(C#N)(CC)CCCN1CCC(CCC)C1. The summed E-state index contributed by atoms with van der Waals surface area (Å²) >= 11 is 0. The molecule has 1 fully saturated rings. The van der Waals surface area contributed by atoms with Crippen molar-refractivity contribution in [2.75, 3.05) is 26.2 Å². The van der Waals surface area contributed by atoms with Gasteiger partial charge in [0.1, 0.15) is 5.54 Å². The first-order valence-corrected chi connectivity index (χ1v) is 8.58. The number of likely N-dealkylation sites (tertiary alicyclic amines) is 1. The Morgan fingerprint density at radius 2 is 2.10 bits per heavy atom. The van der Waals surface area contributed by atoms with Gasteiger partial charge in [-0.2, -0.15) is 5.26 Å². The average Bonchev–Trinajstić information content (AvgIpc) is 2.91. The fourth-order valence-electron chi connectivity index (χ4n) is 3.29. The molecule has 0 aromatic heterocycles. The maximum atomic E-state index is 9.48. The van der Waals surface area contributed by atoms with Gasteiger partial charge in [0.15, 0.2) is 0 Å². The van der Waals surface area contributed by atoms with Crippen LogP contribution in [0.2, 0.25) is 0 Å². The van der Waals surface area contributed by atoms with Crippen molar-refractivity contribution in [1.82, 2.24) is 10.2 Å². The summed E-state index contributed by atoms with van der Waals surface area (Å²) < 4.78 is 0. The lowest BCUT2D eigenvalue weighted by atomic mass is 9.91. The van der Waals surface area contributed by atoms with Crippen LogP contribution in [0.5, 0.6) is 0 Å². The lowest BCUT2D eigenvalue weighted by molar-refractivity contribution is 0.286. The molecular weight excluding hydrogens is 246 g/mol. The van der Waals surface area contributed by atoms with E-state index in [2.05, 4.69) is 37.1 Å². The zero-order valence-corrected chi connectivity index (χ0v) is 13.7. The molecule has 2 unspecified atom stereocenters. The summed E-state index contributed by atoms with van der Waals surface area (Å²) in [6, 6.07) is 2.52. The third-order valence-corrected chi connectivity index (χ3v) is 4.68. The van der Waals surface area contributed by atoms with Crippen molar-refractivity contribution in [3.05, 3.63) is 0 Å². The molecule has 1 saturated heterocycles. The van der Waals surface area contributed by atoms with E-state index in [9.17, 15) is 5.26 Å². The van der Waals surface area contributed by atoms with Crippen molar-refractivity contribution >= 4 is 0 Å². The second kappa shape index (κ2) is 9.37. The lowest BCUT2D eigenvalue weighted by Gasteiger charge is -2.27. The van der Waals surface area contributed by atoms with E-state index in [4.69, 9.17) is 0 Å². The minimum atomic E-state index is -0.293. The van der Waals surface area contributed by atoms with Gasteiger partial charge >= 0.3 is 0 Å². The molecule has 0 amide bonds. The summed E-state index contributed by atoms with van der Waals surface area (Å²) in [5, 5.41) is 12.9. The van der Waals surface area contributed by atoms with Gasteiger partial charge in [0.05, 0.1) is 6.07 Å². The molecule has 20 heavy (non-hydrogen) atoms. The normalized spacial score (nSPS) is 22.6. The largest absolute Gasteiger partial charge is 0.303 e. The summed E-state index contributed by atoms with van der Waals surface area (Å²) in [6.07, 6.45) is 8.18. The molecule has 0 saturated carbocycles. The maximum absolute atomic E-state index is 9.48. The molecule has 3 heteroatoms. The molecule has 0 radical (unpaired) electrons. The number of nitrogens with one attached hydrogen (secondary N) is 1. The predicted octanol–water partition coefficient (Wildman–Crippen LogP) is 3.56. The summed E-state index contributed by atoms with van der Waals surface area (Å²) in [6.45, 7) is 11.2. The van der Waals surface area contributed by atoms with Crippen LogP contribution in [0, 0.1) is 17.2 Å². The number of nitrogens with zero attached hydrogens (tertiary/aromatic N) is 2. The van der Waals surface area contributed by atoms with Gasteiger partial charge in [-0.1, -0.05) is 27.2 Å². The quantitative estimate of drug-likeness (QED) is 0.664. The van der Waals surface area contributed by atoms with E-state index >= 15 is 0 Å². The van der Waals surface area contributed by atoms with E-state index in [-0.39, 0.29) is 5.54 Å². The first kappa shape index (κ1) is 17.5. The Labute approximate surface area is 125 Å². The highest BCUT2D eigenvalue weighted by atomic mass is 15.1. The van der Waals surface area contributed by atoms with Crippen LogP contribution in [0.3, 0.4) is 0 Å². The first-order chi connectivity index (χ1) is 9.69. The zero-order valence-electron chi connectivity index (χ0n) is 13.7. The summed E-state index contributed by atoms with van der Waals surface area (Å²) in [5.41, 5.74) is -0.293. The second-order valence-electron chi connectivity index (χ2n) is 6.32. The van der Waals surface area contributed by atoms with E-state index in [0.717, 1.165) is 44.7 Å².